The maximum Gasteiger partial charge on any atom is 0.522 e. The number of hydrogen-bond acceptors (Lipinski definition) is 3. The summed E-state index contributed by atoms with van der Waals surface area (Å²) in [6.45, 7) is 12.5. The molecule has 28 heavy (non-hydrogen) atoms. The standard InChI is InChI=1S/C11H21F2N.C9H16F3NO/c1-9(2)10-4-6-14(7-5-10)8-11(3,12)13;1-7(2)13-5-3-8(4-6-13)14-9(10,11)12/h9-10H,4-8H2,1-3H3;7-8H,3-6H2,1-2H3. The van der Waals surface area contributed by atoms with E-state index in [9.17, 15) is 22.0 Å². The van der Waals surface area contributed by atoms with Gasteiger partial charge in [-0.3, -0.25) is 9.64 Å². The minimum absolute atomic E-state index is 0.0716. The van der Waals surface area contributed by atoms with Gasteiger partial charge in [-0.15, -0.1) is 13.2 Å². The van der Waals surface area contributed by atoms with Crippen molar-refractivity contribution >= 4 is 0 Å². The molecule has 0 spiro atoms. The molecule has 0 aromatic rings. The van der Waals surface area contributed by atoms with Gasteiger partial charge in [0.15, 0.2) is 0 Å². The van der Waals surface area contributed by atoms with Crippen LogP contribution in [0, 0.1) is 11.8 Å². The molecule has 0 unspecified atom stereocenters. The van der Waals surface area contributed by atoms with Crippen molar-refractivity contribution in [3.63, 3.8) is 0 Å². The normalized spacial score (nSPS) is 21.9. The first-order chi connectivity index (χ1) is 12.8. The monoisotopic (exact) mass is 416 g/mol. The van der Waals surface area contributed by atoms with Gasteiger partial charge in [-0.05, 0) is 64.5 Å². The quantitative estimate of drug-likeness (QED) is 0.558. The first-order valence-corrected chi connectivity index (χ1v) is 10.4. The van der Waals surface area contributed by atoms with Gasteiger partial charge in [0.25, 0.3) is 5.92 Å². The summed E-state index contributed by atoms with van der Waals surface area (Å²) in [5, 5.41) is 0. The molecule has 0 N–H and O–H groups in total. The summed E-state index contributed by atoms with van der Waals surface area (Å²) in [6.07, 6.45) is -2.04. The number of hydrogen-bond donors (Lipinski definition) is 0. The van der Waals surface area contributed by atoms with E-state index in [-0.39, 0.29) is 6.54 Å². The van der Waals surface area contributed by atoms with Crippen molar-refractivity contribution in [2.75, 3.05) is 32.7 Å². The highest BCUT2D eigenvalue weighted by atomic mass is 19.4. The van der Waals surface area contributed by atoms with Crippen LogP contribution in [0.5, 0.6) is 0 Å². The van der Waals surface area contributed by atoms with Crippen LogP contribution in [0.2, 0.25) is 0 Å². The SMILES string of the molecule is CC(C)C1CCN(CC(C)(F)F)CC1.CC(C)N1CCC(OC(F)(F)F)CC1. The molecule has 0 aromatic heterocycles. The highest BCUT2D eigenvalue weighted by molar-refractivity contribution is 4.77. The molecule has 2 aliphatic rings. The third kappa shape index (κ3) is 10.9. The Morgan fingerprint density at radius 1 is 0.857 bits per heavy atom. The third-order valence-electron chi connectivity index (χ3n) is 5.58. The van der Waals surface area contributed by atoms with Gasteiger partial charge in [-0.2, -0.15) is 0 Å². The van der Waals surface area contributed by atoms with Crippen molar-refractivity contribution in [1.82, 2.24) is 9.80 Å². The molecule has 8 heteroatoms. The number of alkyl halides is 5. The number of ether oxygens (including phenoxy) is 1. The van der Waals surface area contributed by atoms with Gasteiger partial charge in [0, 0.05) is 26.1 Å². The fraction of sp³-hybridized carbons (Fsp3) is 1.00. The molecule has 2 saturated heterocycles. The second kappa shape index (κ2) is 11.1. The molecule has 0 aromatic carbocycles. The Morgan fingerprint density at radius 2 is 1.36 bits per heavy atom. The Morgan fingerprint density at radius 3 is 1.71 bits per heavy atom. The molecule has 168 valence electrons. The summed E-state index contributed by atoms with van der Waals surface area (Å²) >= 11 is 0. The molecular weight excluding hydrogens is 379 g/mol. The van der Waals surface area contributed by atoms with Crippen LogP contribution in [0.1, 0.15) is 60.3 Å². The summed E-state index contributed by atoms with van der Waals surface area (Å²) in [5.41, 5.74) is 0. The Hall–Kier alpha value is -0.470. The van der Waals surface area contributed by atoms with Crippen LogP contribution >= 0.6 is 0 Å². The van der Waals surface area contributed by atoms with Crippen molar-refractivity contribution in [2.24, 2.45) is 11.8 Å². The average Bonchev–Trinajstić information content (AvgIpc) is 2.53. The van der Waals surface area contributed by atoms with E-state index in [2.05, 4.69) is 23.5 Å². The molecule has 0 bridgehead atoms. The topological polar surface area (TPSA) is 15.7 Å². The summed E-state index contributed by atoms with van der Waals surface area (Å²) in [4.78, 5) is 4.05. The van der Waals surface area contributed by atoms with E-state index in [0.717, 1.165) is 38.8 Å². The molecular formula is C20H37F5N2O. The molecule has 2 aliphatic heterocycles. The zero-order chi connectivity index (χ0) is 21.5. The minimum Gasteiger partial charge on any atom is -0.301 e. The minimum atomic E-state index is -4.48. The van der Waals surface area contributed by atoms with Gasteiger partial charge in [0.2, 0.25) is 0 Å². The number of rotatable bonds is 5. The van der Waals surface area contributed by atoms with E-state index in [1.807, 2.05) is 18.7 Å². The van der Waals surface area contributed by atoms with Crippen molar-refractivity contribution in [3.05, 3.63) is 0 Å². The lowest BCUT2D eigenvalue weighted by Gasteiger charge is -2.34. The average molecular weight is 417 g/mol. The largest absolute Gasteiger partial charge is 0.522 e. The maximum atomic E-state index is 12.7. The van der Waals surface area contributed by atoms with E-state index < -0.39 is 18.4 Å². The van der Waals surface area contributed by atoms with Crippen LogP contribution in [0.25, 0.3) is 0 Å². The second-order valence-electron chi connectivity index (χ2n) is 8.82. The third-order valence-corrected chi connectivity index (χ3v) is 5.58. The molecule has 0 saturated carbocycles. The van der Waals surface area contributed by atoms with Crippen LogP contribution in [0.4, 0.5) is 22.0 Å². The van der Waals surface area contributed by atoms with Gasteiger partial charge in [-0.25, -0.2) is 8.78 Å². The highest BCUT2D eigenvalue weighted by Crippen LogP contribution is 2.26. The van der Waals surface area contributed by atoms with Gasteiger partial charge in [0.05, 0.1) is 12.6 Å². The number of nitrogens with zero attached hydrogens (tertiary/aromatic N) is 2. The van der Waals surface area contributed by atoms with E-state index in [0.29, 0.717) is 37.9 Å². The Balaban J connectivity index is 0.000000280. The number of halogens is 5. The molecule has 2 heterocycles. The van der Waals surface area contributed by atoms with Crippen molar-refractivity contribution in [3.8, 4) is 0 Å². The van der Waals surface area contributed by atoms with Gasteiger partial charge < -0.3 is 4.90 Å². The number of likely N-dealkylation sites (tertiary alicyclic amines) is 2. The Labute approximate surface area is 166 Å². The molecule has 0 aliphatic carbocycles. The summed E-state index contributed by atoms with van der Waals surface area (Å²) in [5.74, 6) is -1.11. The first-order valence-electron chi connectivity index (χ1n) is 10.4. The zero-order valence-electron chi connectivity index (χ0n) is 17.9. The van der Waals surface area contributed by atoms with Crippen LogP contribution in [0.3, 0.4) is 0 Å². The highest BCUT2D eigenvalue weighted by Gasteiger charge is 2.35. The first kappa shape index (κ1) is 25.6. The van der Waals surface area contributed by atoms with E-state index >= 15 is 0 Å². The Kier molecular flexibility index (Phi) is 10.1. The molecule has 0 radical (unpaired) electrons. The van der Waals surface area contributed by atoms with Crippen molar-refractivity contribution in [2.45, 2.75) is 84.7 Å². The van der Waals surface area contributed by atoms with Crippen LogP contribution in [-0.4, -0.2) is 67.0 Å². The van der Waals surface area contributed by atoms with Gasteiger partial charge in [-0.1, -0.05) is 13.8 Å². The fourth-order valence-corrected chi connectivity index (χ4v) is 3.87. The molecule has 3 nitrogen and oxygen atoms in total. The predicted molar refractivity (Wildman–Crippen MR) is 101 cm³/mol. The summed E-state index contributed by atoms with van der Waals surface area (Å²) < 4.78 is 65.0. The molecule has 0 amide bonds. The predicted octanol–water partition coefficient (Wildman–Crippen LogP) is 5.41. The van der Waals surface area contributed by atoms with Crippen LogP contribution in [-0.2, 0) is 4.74 Å². The van der Waals surface area contributed by atoms with E-state index in [1.54, 1.807) is 0 Å². The number of piperidine rings is 2. The fourth-order valence-electron chi connectivity index (χ4n) is 3.87. The van der Waals surface area contributed by atoms with E-state index in [4.69, 9.17) is 0 Å². The van der Waals surface area contributed by atoms with Crippen LogP contribution < -0.4 is 0 Å². The van der Waals surface area contributed by atoms with Gasteiger partial charge in [0.1, 0.15) is 0 Å². The van der Waals surface area contributed by atoms with Crippen LogP contribution in [0.15, 0.2) is 0 Å². The maximum absolute atomic E-state index is 12.7. The van der Waals surface area contributed by atoms with Gasteiger partial charge >= 0.3 is 6.36 Å². The molecule has 2 fully saturated rings. The zero-order valence-corrected chi connectivity index (χ0v) is 17.9. The molecule has 2 rings (SSSR count). The summed E-state index contributed by atoms with van der Waals surface area (Å²) in [7, 11) is 0. The smallest absolute Gasteiger partial charge is 0.301 e. The van der Waals surface area contributed by atoms with E-state index in [1.165, 1.54) is 0 Å². The molecule has 0 atom stereocenters. The summed E-state index contributed by atoms with van der Waals surface area (Å²) in [6, 6.07) is 0.404. The van der Waals surface area contributed by atoms with Crippen molar-refractivity contribution in [1.29, 1.82) is 0 Å². The van der Waals surface area contributed by atoms with Crippen molar-refractivity contribution < 1.29 is 26.7 Å². The Bertz CT molecular complexity index is 381. The lowest BCUT2D eigenvalue weighted by Crippen LogP contribution is -2.42. The second-order valence-corrected chi connectivity index (χ2v) is 8.82. The lowest BCUT2D eigenvalue weighted by atomic mass is 9.87. The lowest BCUT2D eigenvalue weighted by molar-refractivity contribution is -0.346.